The summed E-state index contributed by atoms with van der Waals surface area (Å²) in [6, 6.07) is 18.1. The van der Waals surface area contributed by atoms with Gasteiger partial charge in [-0.3, -0.25) is 9.78 Å². The van der Waals surface area contributed by atoms with Crippen molar-refractivity contribution in [2.24, 2.45) is 0 Å². The fourth-order valence-corrected chi connectivity index (χ4v) is 3.71. The van der Waals surface area contributed by atoms with Gasteiger partial charge in [0, 0.05) is 22.9 Å². The van der Waals surface area contributed by atoms with Crippen LogP contribution in [0.1, 0.15) is 45.2 Å². The molecule has 0 saturated carbocycles. The van der Waals surface area contributed by atoms with Crippen molar-refractivity contribution in [2.45, 2.75) is 25.5 Å². The van der Waals surface area contributed by atoms with Gasteiger partial charge in [-0.15, -0.1) is 0 Å². The van der Waals surface area contributed by atoms with Gasteiger partial charge >= 0.3 is 0 Å². The van der Waals surface area contributed by atoms with Gasteiger partial charge in [-0.05, 0) is 42.3 Å². The Kier molecular flexibility index (Phi) is 6.29. The Morgan fingerprint density at radius 2 is 1.85 bits per heavy atom. The Morgan fingerprint density at radius 1 is 1.09 bits per heavy atom. The second-order valence-corrected chi connectivity index (χ2v) is 8.02. The van der Waals surface area contributed by atoms with E-state index in [1.807, 2.05) is 0 Å². The normalized spacial score (nSPS) is 18.0. The van der Waals surface area contributed by atoms with Crippen LogP contribution in [-0.2, 0) is 23.3 Å². The average molecular weight is 445 g/mol. The summed E-state index contributed by atoms with van der Waals surface area (Å²) in [4.78, 5) is 16.9. The maximum Gasteiger partial charge on any atom is 0.251 e. The molecule has 0 spiro atoms. The molecule has 0 fully saturated rings. The second-order valence-electron chi connectivity index (χ2n) is 8.02. The zero-order valence-electron chi connectivity index (χ0n) is 17.9. The standard InChI is InChI=1S/C26H21F2N3O2/c1-26(15-29)16-33-14-20-8-7-19(12-22(20)26)25(32)31-13-21-11-18(9-10-30-21)24(28)23(27)17-5-3-2-4-6-17/h2-12H,13-14,16H2,1H3,(H,31,32). The molecular weight excluding hydrogens is 424 g/mol. The summed E-state index contributed by atoms with van der Waals surface area (Å²) in [6.45, 7) is 2.46. The van der Waals surface area contributed by atoms with Gasteiger partial charge in [-0.2, -0.15) is 5.26 Å². The Bertz CT molecular complexity index is 1270. The van der Waals surface area contributed by atoms with Crippen molar-refractivity contribution in [3.63, 3.8) is 0 Å². The van der Waals surface area contributed by atoms with Crippen molar-refractivity contribution >= 4 is 17.6 Å². The average Bonchev–Trinajstić information content (AvgIpc) is 2.87. The lowest BCUT2D eigenvalue weighted by Crippen LogP contribution is -2.33. The molecule has 1 atom stereocenters. The number of pyridine rings is 1. The summed E-state index contributed by atoms with van der Waals surface area (Å²) in [6.07, 6.45) is 1.37. The number of fused-ring (bicyclic) bond motifs is 1. The van der Waals surface area contributed by atoms with Gasteiger partial charge in [0.15, 0.2) is 11.7 Å². The van der Waals surface area contributed by atoms with E-state index >= 15 is 0 Å². The molecule has 4 rings (SSSR count). The van der Waals surface area contributed by atoms with Crippen molar-refractivity contribution < 1.29 is 18.3 Å². The number of hydrogen-bond acceptors (Lipinski definition) is 4. The Hall–Kier alpha value is -3.89. The Balaban J connectivity index is 1.50. The molecule has 0 radical (unpaired) electrons. The summed E-state index contributed by atoms with van der Waals surface area (Å²) in [5, 5.41) is 12.3. The maximum atomic E-state index is 14.7. The fraction of sp³-hybridized carbons (Fsp3) is 0.192. The Morgan fingerprint density at radius 3 is 2.61 bits per heavy atom. The minimum atomic E-state index is -0.996. The molecule has 3 aromatic rings. The lowest BCUT2D eigenvalue weighted by Gasteiger charge is -2.30. The zero-order valence-corrected chi connectivity index (χ0v) is 17.9. The van der Waals surface area contributed by atoms with Gasteiger partial charge in [-0.25, -0.2) is 8.78 Å². The van der Waals surface area contributed by atoms with Crippen molar-refractivity contribution in [3.05, 3.63) is 100 Å². The molecule has 2 aromatic carbocycles. The minimum absolute atomic E-state index is 0.0304. The molecule has 1 aliphatic heterocycles. The first kappa shape index (κ1) is 22.3. The van der Waals surface area contributed by atoms with Crippen LogP contribution in [0.4, 0.5) is 8.78 Å². The molecule has 1 amide bonds. The number of nitrogens with zero attached hydrogens (tertiary/aromatic N) is 2. The lowest BCUT2D eigenvalue weighted by atomic mass is 9.79. The van der Waals surface area contributed by atoms with Crippen molar-refractivity contribution in [2.75, 3.05) is 6.61 Å². The third-order valence-electron chi connectivity index (χ3n) is 5.58. The van der Waals surface area contributed by atoms with Crippen LogP contribution >= 0.6 is 0 Å². The molecule has 2 heterocycles. The molecule has 1 unspecified atom stereocenters. The van der Waals surface area contributed by atoms with Crippen molar-refractivity contribution in [3.8, 4) is 6.07 Å². The molecule has 1 aliphatic rings. The van der Waals surface area contributed by atoms with E-state index in [-0.39, 0.29) is 30.2 Å². The number of halogens is 2. The number of nitrogens with one attached hydrogen (secondary N) is 1. The first-order valence-electron chi connectivity index (χ1n) is 10.4. The number of carbonyl (C=O) groups is 1. The minimum Gasteiger partial charge on any atom is -0.375 e. The molecular formula is C26H21F2N3O2. The van der Waals surface area contributed by atoms with E-state index in [4.69, 9.17) is 4.74 Å². The molecule has 166 valence electrons. The topological polar surface area (TPSA) is 75.0 Å². The van der Waals surface area contributed by atoms with E-state index in [9.17, 15) is 18.8 Å². The van der Waals surface area contributed by atoms with Crippen LogP contribution < -0.4 is 5.32 Å². The van der Waals surface area contributed by atoms with Gasteiger partial charge in [0.25, 0.3) is 5.91 Å². The molecule has 5 nitrogen and oxygen atoms in total. The smallest absolute Gasteiger partial charge is 0.251 e. The monoisotopic (exact) mass is 445 g/mol. The van der Waals surface area contributed by atoms with E-state index in [2.05, 4.69) is 16.4 Å². The van der Waals surface area contributed by atoms with E-state index in [1.165, 1.54) is 30.5 Å². The van der Waals surface area contributed by atoms with Crippen LogP contribution in [0.3, 0.4) is 0 Å². The van der Waals surface area contributed by atoms with Crippen LogP contribution in [0.5, 0.6) is 0 Å². The molecule has 0 bridgehead atoms. The van der Waals surface area contributed by atoms with Gasteiger partial charge in [0.1, 0.15) is 5.41 Å². The summed E-state index contributed by atoms with van der Waals surface area (Å²) < 4.78 is 34.7. The lowest BCUT2D eigenvalue weighted by molar-refractivity contribution is 0.0757. The van der Waals surface area contributed by atoms with E-state index in [0.717, 1.165) is 11.1 Å². The van der Waals surface area contributed by atoms with Crippen LogP contribution in [0, 0.1) is 11.3 Å². The summed E-state index contributed by atoms with van der Waals surface area (Å²) >= 11 is 0. The molecule has 0 saturated heterocycles. The summed E-state index contributed by atoms with van der Waals surface area (Å²) in [7, 11) is 0. The molecule has 1 N–H and O–H groups in total. The highest BCUT2D eigenvalue weighted by molar-refractivity contribution is 5.94. The number of hydrogen-bond donors (Lipinski definition) is 1. The molecule has 33 heavy (non-hydrogen) atoms. The highest BCUT2D eigenvalue weighted by atomic mass is 19.2. The fourth-order valence-electron chi connectivity index (χ4n) is 3.71. The summed E-state index contributed by atoms with van der Waals surface area (Å²) in [5.74, 6) is -2.32. The first-order chi connectivity index (χ1) is 15.9. The predicted molar refractivity (Wildman–Crippen MR) is 120 cm³/mol. The second kappa shape index (κ2) is 9.31. The Labute approximate surface area is 190 Å². The van der Waals surface area contributed by atoms with Gasteiger partial charge < -0.3 is 10.1 Å². The highest BCUT2D eigenvalue weighted by Crippen LogP contribution is 2.32. The number of amides is 1. The number of ether oxygens (including phenoxy) is 1. The number of benzene rings is 2. The van der Waals surface area contributed by atoms with Crippen LogP contribution in [-0.4, -0.2) is 17.5 Å². The van der Waals surface area contributed by atoms with Crippen LogP contribution in [0.25, 0.3) is 11.7 Å². The van der Waals surface area contributed by atoms with Crippen molar-refractivity contribution in [1.29, 1.82) is 5.26 Å². The van der Waals surface area contributed by atoms with Gasteiger partial charge in [0.05, 0.1) is 31.5 Å². The molecule has 7 heteroatoms. The number of aromatic nitrogens is 1. The number of rotatable bonds is 5. The highest BCUT2D eigenvalue weighted by Gasteiger charge is 2.33. The van der Waals surface area contributed by atoms with E-state index < -0.39 is 17.1 Å². The van der Waals surface area contributed by atoms with Crippen LogP contribution in [0.2, 0.25) is 0 Å². The van der Waals surface area contributed by atoms with E-state index in [1.54, 1.807) is 43.3 Å². The zero-order chi connectivity index (χ0) is 23.4. The predicted octanol–water partition coefficient (Wildman–Crippen LogP) is 5.09. The van der Waals surface area contributed by atoms with Crippen molar-refractivity contribution in [1.82, 2.24) is 10.3 Å². The van der Waals surface area contributed by atoms with Gasteiger partial charge in [0.2, 0.25) is 0 Å². The number of nitriles is 1. The number of carbonyl (C=O) groups excluding carboxylic acids is 1. The summed E-state index contributed by atoms with van der Waals surface area (Å²) in [5.41, 5.74) is 1.77. The van der Waals surface area contributed by atoms with Gasteiger partial charge in [-0.1, -0.05) is 36.4 Å². The quantitative estimate of drug-likeness (QED) is 0.594. The largest absolute Gasteiger partial charge is 0.375 e. The third kappa shape index (κ3) is 4.66. The first-order valence-corrected chi connectivity index (χ1v) is 10.4. The molecule has 0 aliphatic carbocycles. The molecule has 1 aromatic heterocycles. The SMILES string of the molecule is CC1(C#N)COCc2ccc(C(=O)NCc3cc(C(F)=C(F)c4ccccc4)ccn3)cc21. The van der Waals surface area contributed by atoms with Crippen LogP contribution in [0.15, 0.2) is 66.9 Å². The van der Waals surface area contributed by atoms with E-state index in [0.29, 0.717) is 17.9 Å². The third-order valence-corrected chi connectivity index (χ3v) is 5.58. The maximum absolute atomic E-state index is 14.7.